The number of nitrogens with zero attached hydrogens (tertiary/aromatic N) is 2. The van der Waals surface area contributed by atoms with Gasteiger partial charge in [-0.1, -0.05) is 11.6 Å². The van der Waals surface area contributed by atoms with Gasteiger partial charge in [-0.2, -0.15) is 0 Å². The second-order valence-electron chi connectivity index (χ2n) is 6.29. The first-order chi connectivity index (χ1) is 11.2. The van der Waals surface area contributed by atoms with Crippen molar-refractivity contribution < 1.29 is 9.90 Å². The monoisotopic (exact) mass is 337 g/mol. The van der Waals surface area contributed by atoms with Gasteiger partial charge in [0.1, 0.15) is 0 Å². The molecule has 0 unspecified atom stereocenters. The summed E-state index contributed by atoms with van der Waals surface area (Å²) in [4.78, 5) is 16.6. The number of carbonyl (C=O) groups excluding carboxylic acids is 1. The van der Waals surface area contributed by atoms with Crippen LogP contribution in [0.15, 0.2) is 18.2 Å². The van der Waals surface area contributed by atoms with Crippen molar-refractivity contribution >= 4 is 29.0 Å². The third-order valence-electron chi connectivity index (χ3n) is 4.49. The largest absolute Gasteiger partial charge is 0.395 e. The predicted octanol–water partition coefficient (Wildman–Crippen LogP) is 3.32. The lowest BCUT2D eigenvalue weighted by Crippen LogP contribution is -2.39. The molecule has 5 nitrogen and oxygen atoms in total. The number of nitrogens with one attached hydrogen (secondary N) is 1. The molecule has 1 saturated carbocycles. The van der Waals surface area contributed by atoms with Gasteiger partial charge in [0, 0.05) is 30.7 Å². The van der Waals surface area contributed by atoms with Crippen LogP contribution in [0, 0.1) is 0 Å². The molecule has 1 aromatic carbocycles. The number of piperidine rings is 1. The molecule has 2 N–H and O–H groups in total. The lowest BCUT2D eigenvalue weighted by Gasteiger charge is -2.31. The summed E-state index contributed by atoms with van der Waals surface area (Å²) < 4.78 is 0. The highest BCUT2D eigenvalue weighted by molar-refractivity contribution is 6.31. The minimum Gasteiger partial charge on any atom is -0.395 e. The van der Waals surface area contributed by atoms with Gasteiger partial charge in [-0.3, -0.25) is 0 Å². The highest BCUT2D eigenvalue weighted by atomic mass is 35.5. The van der Waals surface area contributed by atoms with E-state index in [1.165, 1.54) is 19.3 Å². The maximum atomic E-state index is 12.6. The van der Waals surface area contributed by atoms with Crippen LogP contribution in [0.4, 0.5) is 16.2 Å². The molecule has 3 rings (SSSR count). The summed E-state index contributed by atoms with van der Waals surface area (Å²) in [6, 6.07) is 5.78. The van der Waals surface area contributed by atoms with Crippen molar-refractivity contribution in [2.24, 2.45) is 0 Å². The second-order valence-corrected chi connectivity index (χ2v) is 6.72. The van der Waals surface area contributed by atoms with Gasteiger partial charge in [0.05, 0.1) is 18.0 Å². The minimum absolute atomic E-state index is 0.0154. The van der Waals surface area contributed by atoms with Crippen molar-refractivity contribution in [3.63, 3.8) is 0 Å². The number of amides is 2. The fourth-order valence-electron chi connectivity index (χ4n) is 3.15. The summed E-state index contributed by atoms with van der Waals surface area (Å²) >= 11 is 6.13. The zero-order chi connectivity index (χ0) is 16.2. The summed E-state index contributed by atoms with van der Waals surface area (Å²) in [6.45, 7) is 2.37. The highest BCUT2D eigenvalue weighted by Crippen LogP contribution is 2.33. The minimum atomic E-state index is -0.151. The van der Waals surface area contributed by atoms with Crippen LogP contribution in [0.2, 0.25) is 5.02 Å². The van der Waals surface area contributed by atoms with Crippen LogP contribution in [-0.2, 0) is 0 Å². The van der Waals surface area contributed by atoms with Crippen molar-refractivity contribution in [2.45, 2.75) is 38.1 Å². The quantitative estimate of drug-likeness (QED) is 0.866. The van der Waals surface area contributed by atoms with Gasteiger partial charge in [-0.25, -0.2) is 4.79 Å². The van der Waals surface area contributed by atoms with E-state index in [1.54, 1.807) is 4.90 Å². The number of benzene rings is 1. The zero-order valence-corrected chi connectivity index (χ0v) is 14.1. The Labute approximate surface area is 142 Å². The van der Waals surface area contributed by atoms with E-state index in [1.807, 2.05) is 18.2 Å². The maximum Gasteiger partial charge on any atom is 0.322 e. The number of urea groups is 1. The van der Waals surface area contributed by atoms with E-state index < -0.39 is 0 Å². The normalized spacial score (nSPS) is 17.9. The van der Waals surface area contributed by atoms with E-state index in [9.17, 15) is 9.90 Å². The van der Waals surface area contributed by atoms with Gasteiger partial charge >= 0.3 is 6.03 Å². The Morgan fingerprint density at radius 3 is 2.70 bits per heavy atom. The smallest absolute Gasteiger partial charge is 0.322 e. The molecule has 1 aromatic rings. The van der Waals surface area contributed by atoms with Crippen LogP contribution in [0.3, 0.4) is 0 Å². The highest BCUT2D eigenvalue weighted by Gasteiger charge is 2.32. The summed E-state index contributed by atoms with van der Waals surface area (Å²) in [5.74, 6) is 0. The molecule has 2 fully saturated rings. The summed E-state index contributed by atoms with van der Waals surface area (Å²) in [5.41, 5.74) is 1.79. The van der Waals surface area contributed by atoms with Crippen LogP contribution in [0.1, 0.15) is 32.1 Å². The molecule has 23 heavy (non-hydrogen) atoms. The molecule has 0 atom stereocenters. The summed E-state index contributed by atoms with van der Waals surface area (Å²) in [5, 5.41) is 12.8. The molecule has 0 aromatic heterocycles. The molecule has 0 bridgehead atoms. The molecule has 1 aliphatic carbocycles. The Hall–Kier alpha value is -1.46. The zero-order valence-electron chi connectivity index (χ0n) is 13.3. The second kappa shape index (κ2) is 7.41. The number of halogens is 1. The first kappa shape index (κ1) is 16.4. The van der Waals surface area contributed by atoms with Crippen molar-refractivity contribution in [3.05, 3.63) is 23.2 Å². The maximum absolute atomic E-state index is 12.6. The number of hydrogen-bond acceptors (Lipinski definition) is 3. The molecule has 6 heteroatoms. The Morgan fingerprint density at radius 1 is 1.30 bits per heavy atom. The van der Waals surface area contributed by atoms with Crippen LogP contribution >= 0.6 is 11.6 Å². The van der Waals surface area contributed by atoms with E-state index in [4.69, 9.17) is 11.6 Å². The lowest BCUT2D eigenvalue weighted by atomic mass is 10.1. The number of aliphatic hydroxyl groups excluding tert-OH is 1. The van der Waals surface area contributed by atoms with Crippen molar-refractivity contribution in [1.29, 1.82) is 0 Å². The van der Waals surface area contributed by atoms with Crippen LogP contribution < -0.4 is 10.2 Å². The van der Waals surface area contributed by atoms with Crippen LogP contribution in [-0.4, -0.2) is 48.3 Å². The topological polar surface area (TPSA) is 55.8 Å². The summed E-state index contributed by atoms with van der Waals surface area (Å²) in [6.07, 6.45) is 5.64. The van der Waals surface area contributed by atoms with E-state index in [0.717, 1.165) is 37.3 Å². The molecule has 0 radical (unpaired) electrons. The van der Waals surface area contributed by atoms with Gasteiger partial charge in [-0.15, -0.1) is 0 Å². The Kier molecular flexibility index (Phi) is 5.28. The van der Waals surface area contributed by atoms with E-state index >= 15 is 0 Å². The van der Waals surface area contributed by atoms with Gasteiger partial charge in [0.2, 0.25) is 0 Å². The number of hydrogen-bond donors (Lipinski definition) is 2. The third-order valence-corrected chi connectivity index (χ3v) is 4.72. The number of rotatable bonds is 5. The molecule has 1 saturated heterocycles. The molecular weight excluding hydrogens is 314 g/mol. The van der Waals surface area contributed by atoms with Crippen molar-refractivity contribution in [2.75, 3.05) is 36.5 Å². The van der Waals surface area contributed by atoms with E-state index in [2.05, 4.69) is 10.2 Å². The molecule has 1 aliphatic heterocycles. The van der Waals surface area contributed by atoms with Crippen LogP contribution in [0.25, 0.3) is 0 Å². The fourth-order valence-corrected chi connectivity index (χ4v) is 3.32. The lowest BCUT2D eigenvalue weighted by molar-refractivity contribution is 0.185. The first-order valence-electron chi connectivity index (χ1n) is 8.42. The Bertz CT molecular complexity index is 557. The van der Waals surface area contributed by atoms with Crippen molar-refractivity contribution in [1.82, 2.24) is 4.90 Å². The number of carbonyl (C=O) groups is 1. The molecule has 2 amide bonds. The predicted molar refractivity (Wildman–Crippen MR) is 93.3 cm³/mol. The third kappa shape index (κ3) is 4.09. The average molecular weight is 338 g/mol. The summed E-state index contributed by atoms with van der Waals surface area (Å²) in [7, 11) is 0. The Balaban J connectivity index is 1.77. The van der Waals surface area contributed by atoms with Crippen molar-refractivity contribution in [3.8, 4) is 0 Å². The standard InChI is InChI=1S/C17H24ClN3O2/c18-13-4-7-16(20-8-2-1-3-9-20)15(12-13)19-17(23)21(10-11-22)14-5-6-14/h4,7,12,14,22H,1-3,5-6,8-11H2,(H,19,23). The molecular formula is C17H24ClN3O2. The van der Waals surface area contributed by atoms with Gasteiger partial charge < -0.3 is 20.2 Å². The molecule has 2 aliphatic rings. The number of aliphatic hydroxyl groups is 1. The van der Waals surface area contributed by atoms with Crippen LogP contribution in [0.5, 0.6) is 0 Å². The van der Waals surface area contributed by atoms with Gasteiger partial charge in [0.15, 0.2) is 0 Å². The SMILES string of the molecule is O=C(Nc1cc(Cl)ccc1N1CCCCC1)N(CCO)C1CC1. The van der Waals surface area contributed by atoms with E-state index in [-0.39, 0.29) is 18.7 Å². The first-order valence-corrected chi connectivity index (χ1v) is 8.80. The van der Waals surface area contributed by atoms with Gasteiger partial charge in [-0.05, 0) is 50.3 Å². The Morgan fingerprint density at radius 2 is 2.04 bits per heavy atom. The molecule has 1 heterocycles. The average Bonchev–Trinajstić information content (AvgIpc) is 3.38. The van der Waals surface area contributed by atoms with E-state index in [0.29, 0.717) is 11.6 Å². The fraction of sp³-hybridized carbons (Fsp3) is 0.588. The van der Waals surface area contributed by atoms with Gasteiger partial charge in [0.25, 0.3) is 0 Å². The molecule has 126 valence electrons. The number of anilines is 2. The molecule has 0 spiro atoms.